The van der Waals surface area contributed by atoms with Crippen molar-refractivity contribution in [3.05, 3.63) is 64.6 Å². The maximum Gasteiger partial charge on any atom is 0.240 e. The van der Waals surface area contributed by atoms with Crippen LogP contribution in [-0.4, -0.2) is 49.7 Å². The van der Waals surface area contributed by atoms with Gasteiger partial charge in [0.25, 0.3) is 0 Å². The van der Waals surface area contributed by atoms with Gasteiger partial charge in [0.05, 0.1) is 17.5 Å². The van der Waals surface area contributed by atoms with Crippen molar-refractivity contribution in [1.29, 1.82) is 0 Å². The fourth-order valence-corrected chi connectivity index (χ4v) is 6.12. The van der Waals surface area contributed by atoms with Crippen LogP contribution >= 0.6 is 15.9 Å². The Morgan fingerprint density at radius 3 is 2.34 bits per heavy atom. The molecule has 3 N–H and O–H groups in total. The molecule has 2 atom stereocenters. The topological polar surface area (TPSA) is 98.7 Å². The van der Waals surface area contributed by atoms with E-state index in [1.165, 1.54) is 0 Å². The molecular weight excluding hydrogens is 494 g/mol. The van der Waals surface area contributed by atoms with Crippen LogP contribution in [0.2, 0.25) is 0 Å². The van der Waals surface area contributed by atoms with Crippen molar-refractivity contribution in [2.24, 2.45) is 5.92 Å². The number of hydrogen-bond donors (Lipinski definition) is 3. The maximum atomic E-state index is 13.4. The van der Waals surface area contributed by atoms with Gasteiger partial charge in [-0.1, -0.05) is 46.3 Å². The number of carbonyl (C=O) groups is 1. The summed E-state index contributed by atoms with van der Waals surface area (Å²) in [6.07, 6.45) is 1.71. The molecule has 7 nitrogen and oxygen atoms in total. The number of halogens is 1. The molecule has 1 saturated carbocycles. The van der Waals surface area contributed by atoms with Crippen molar-refractivity contribution in [1.82, 2.24) is 14.9 Å². The van der Waals surface area contributed by atoms with Crippen LogP contribution < -0.4 is 10.0 Å². The third kappa shape index (κ3) is 5.40. The molecule has 1 saturated heterocycles. The Labute approximate surface area is 197 Å². The molecule has 2 fully saturated rings. The van der Waals surface area contributed by atoms with Crippen molar-refractivity contribution < 1.29 is 18.3 Å². The number of nitrogens with zero attached hydrogens (tertiary/aromatic N) is 1. The zero-order chi connectivity index (χ0) is 22.7. The highest BCUT2D eigenvalue weighted by Gasteiger charge is 2.37. The Kier molecular flexibility index (Phi) is 7.31. The number of β-amino-alcohol motifs (C(OH)–C–C–N with tert-alkyl or cyclic N) is 1. The van der Waals surface area contributed by atoms with Crippen LogP contribution in [0.25, 0.3) is 0 Å². The lowest BCUT2D eigenvalue weighted by Crippen LogP contribution is -2.55. The minimum Gasteiger partial charge on any atom is -0.377 e. The molecule has 2 unspecified atom stereocenters. The van der Waals surface area contributed by atoms with E-state index in [2.05, 4.69) is 26.0 Å². The molecule has 32 heavy (non-hydrogen) atoms. The lowest BCUT2D eigenvalue weighted by molar-refractivity contribution is -0.143. The first-order valence-electron chi connectivity index (χ1n) is 10.9. The van der Waals surface area contributed by atoms with E-state index in [9.17, 15) is 18.3 Å². The summed E-state index contributed by atoms with van der Waals surface area (Å²) in [6, 6.07) is 16.1. The number of nitrogens with one attached hydrogen (secondary N) is 2. The second-order valence-electron chi connectivity index (χ2n) is 8.46. The highest BCUT2D eigenvalue weighted by molar-refractivity contribution is 9.10. The van der Waals surface area contributed by atoms with E-state index in [0.717, 1.165) is 10.0 Å². The predicted octanol–water partition coefficient (Wildman–Crippen LogP) is 2.78. The molecule has 1 amide bonds. The van der Waals surface area contributed by atoms with Crippen LogP contribution in [0, 0.1) is 5.92 Å². The largest absolute Gasteiger partial charge is 0.377 e. The molecule has 0 aromatic heterocycles. The third-order valence-electron chi connectivity index (χ3n) is 6.28. The van der Waals surface area contributed by atoms with Crippen LogP contribution in [0.15, 0.2) is 64.0 Å². The molecule has 0 radical (unpaired) electrons. The lowest BCUT2D eigenvalue weighted by Gasteiger charge is -2.41. The van der Waals surface area contributed by atoms with Gasteiger partial charge in [0.2, 0.25) is 15.9 Å². The number of sulfonamides is 1. The first kappa shape index (κ1) is 23.4. The summed E-state index contributed by atoms with van der Waals surface area (Å²) in [7, 11) is -3.59. The molecule has 0 spiro atoms. The number of amides is 1. The summed E-state index contributed by atoms with van der Waals surface area (Å²) in [6.45, 7) is 0.744. The summed E-state index contributed by atoms with van der Waals surface area (Å²) in [4.78, 5) is 15.4. The van der Waals surface area contributed by atoms with Gasteiger partial charge in [-0.25, -0.2) is 13.1 Å². The van der Waals surface area contributed by atoms with Crippen LogP contribution in [0.4, 0.5) is 0 Å². The Balaban J connectivity index is 1.38. The lowest BCUT2D eigenvalue weighted by atomic mass is 9.85. The van der Waals surface area contributed by atoms with Crippen molar-refractivity contribution in [2.75, 3.05) is 13.1 Å². The number of benzene rings is 2. The fourth-order valence-electron chi connectivity index (χ4n) is 4.55. The standard InChI is InChI=1S/C23H28BrN3O4S/c24-18-8-12-20(13-9-18)32(30,31)26-19-10-6-17(7-11-19)23(29)27-15-22(28)25-14-21(27)16-4-2-1-3-5-16/h1-5,8-9,12-13,17,19,21-22,25-26,28H,6-7,10-11,14-15H2. The molecule has 9 heteroatoms. The van der Waals surface area contributed by atoms with E-state index in [0.29, 0.717) is 32.2 Å². The third-order valence-corrected chi connectivity index (χ3v) is 8.35. The molecule has 1 heterocycles. The minimum atomic E-state index is -3.59. The molecule has 2 aromatic rings. The van der Waals surface area contributed by atoms with Crippen molar-refractivity contribution in [2.45, 2.75) is 48.9 Å². The average Bonchev–Trinajstić information content (AvgIpc) is 2.80. The van der Waals surface area contributed by atoms with Gasteiger partial charge in [-0.2, -0.15) is 0 Å². The number of aliphatic hydroxyl groups excluding tert-OH is 1. The van der Waals surface area contributed by atoms with Crippen LogP contribution in [0.5, 0.6) is 0 Å². The van der Waals surface area contributed by atoms with Crippen LogP contribution in [0.3, 0.4) is 0 Å². The zero-order valence-electron chi connectivity index (χ0n) is 17.7. The van der Waals surface area contributed by atoms with Crippen molar-refractivity contribution in [3.63, 3.8) is 0 Å². The molecule has 1 aliphatic heterocycles. The molecule has 4 rings (SSSR count). The van der Waals surface area contributed by atoms with E-state index >= 15 is 0 Å². The van der Waals surface area contributed by atoms with Crippen LogP contribution in [0.1, 0.15) is 37.3 Å². The smallest absolute Gasteiger partial charge is 0.240 e. The van der Waals surface area contributed by atoms with Gasteiger partial charge in [0.1, 0.15) is 6.23 Å². The number of carbonyl (C=O) groups excluding carboxylic acids is 1. The molecule has 1 aliphatic carbocycles. The zero-order valence-corrected chi connectivity index (χ0v) is 20.1. The molecule has 0 bridgehead atoms. The Hall–Kier alpha value is -1.78. The number of rotatable bonds is 5. The molecule has 2 aromatic carbocycles. The van der Waals surface area contributed by atoms with Gasteiger partial charge in [-0.3, -0.25) is 10.1 Å². The predicted molar refractivity (Wildman–Crippen MR) is 125 cm³/mol. The summed E-state index contributed by atoms with van der Waals surface area (Å²) < 4.78 is 29.0. The quantitative estimate of drug-likeness (QED) is 0.561. The summed E-state index contributed by atoms with van der Waals surface area (Å²) in [5.41, 5.74) is 1.04. The Morgan fingerprint density at radius 1 is 1.03 bits per heavy atom. The van der Waals surface area contributed by atoms with Gasteiger partial charge in [0, 0.05) is 23.0 Å². The van der Waals surface area contributed by atoms with Crippen molar-refractivity contribution >= 4 is 31.9 Å². The maximum absolute atomic E-state index is 13.4. The average molecular weight is 522 g/mol. The summed E-state index contributed by atoms with van der Waals surface area (Å²) in [5.74, 6) is -0.131. The highest BCUT2D eigenvalue weighted by atomic mass is 79.9. The van der Waals surface area contributed by atoms with Gasteiger partial charge >= 0.3 is 0 Å². The number of hydrogen-bond acceptors (Lipinski definition) is 5. The normalized spacial score (nSPS) is 26.6. The fraction of sp³-hybridized carbons (Fsp3) is 0.435. The molecular formula is C23H28BrN3O4S. The van der Waals surface area contributed by atoms with E-state index in [4.69, 9.17) is 0 Å². The molecule has 172 valence electrons. The van der Waals surface area contributed by atoms with Gasteiger partial charge in [-0.15, -0.1) is 0 Å². The highest BCUT2D eigenvalue weighted by Crippen LogP contribution is 2.31. The first-order valence-corrected chi connectivity index (χ1v) is 13.2. The van der Waals surface area contributed by atoms with Gasteiger partial charge in [0.15, 0.2) is 0 Å². The Bertz CT molecular complexity index is 1020. The van der Waals surface area contributed by atoms with E-state index < -0.39 is 16.3 Å². The second kappa shape index (κ2) is 10.0. The summed E-state index contributed by atoms with van der Waals surface area (Å²) >= 11 is 3.32. The Morgan fingerprint density at radius 2 is 1.69 bits per heavy atom. The minimum absolute atomic E-state index is 0.0358. The summed E-state index contributed by atoms with van der Waals surface area (Å²) in [5, 5.41) is 13.2. The first-order chi connectivity index (χ1) is 15.3. The molecule has 2 aliphatic rings. The van der Waals surface area contributed by atoms with Crippen LogP contribution in [-0.2, 0) is 14.8 Å². The SMILES string of the molecule is O=C(C1CCC(NS(=O)(=O)c2ccc(Br)cc2)CC1)N1CC(O)NCC1c1ccccc1. The van der Waals surface area contributed by atoms with E-state index in [1.54, 1.807) is 29.2 Å². The monoisotopic (exact) mass is 521 g/mol. The number of aliphatic hydroxyl groups is 1. The van der Waals surface area contributed by atoms with E-state index in [1.807, 2.05) is 30.3 Å². The number of piperazine rings is 1. The van der Waals surface area contributed by atoms with Gasteiger partial charge in [-0.05, 0) is 55.5 Å². The van der Waals surface area contributed by atoms with Gasteiger partial charge < -0.3 is 10.0 Å². The second-order valence-corrected chi connectivity index (χ2v) is 11.1. The van der Waals surface area contributed by atoms with Crippen molar-refractivity contribution in [3.8, 4) is 0 Å². The van der Waals surface area contributed by atoms with E-state index in [-0.39, 0.29) is 35.3 Å².